The topological polar surface area (TPSA) is 130 Å². The summed E-state index contributed by atoms with van der Waals surface area (Å²) in [6, 6.07) is 8.38. The monoisotopic (exact) mass is 467 g/mol. The van der Waals surface area contributed by atoms with Gasteiger partial charge in [0.05, 0.1) is 25.3 Å². The summed E-state index contributed by atoms with van der Waals surface area (Å²) in [5, 5.41) is 27.3. The maximum atomic E-state index is 13.6. The molecule has 2 fully saturated rings. The molecule has 0 bridgehead atoms. The van der Waals surface area contributed by atoms with Gasteiger partial charge in [-0.15, -0.1) is 0 Å². The zero-order chi connectivity index (χ0) is 24.4. The molecule has 34 heavy (non-hydrogen) atoms. The van der Waals surface area contributed by atoms with Gasteiger partial charge in [0.15, 0.2) is 0 Å². The Morgan fingerprint density at radius 1 is 1.41 bits per heavy atom. The quantitative estimate of drug-likeness (QED) is 0.439. The second-order valence-electron chi connectivity index (χ2n) is 9.67. The fourth-order valence-electron chi connectivity index (χ4n) is 5.12. The molecule has 0 aliphatic carbocycles. The van der Waals surface area contributed by atoms with Crippen molar-refractivity contribution in [2.45, 2.75) is 51.4 Å². The van der Waals surface area contributed by atoms with Crippen molar-refractivity contribution in [3.63, 3.8) is 0 Å². The number of carbonyl (C=O) groups is 2. The number of hydrogen-bond acceptors (Lipinski definition) is 6. The first-order valence-electron chi connectivity index (χ1n) is 11.9. The van der Waals surface area contributed by atoms with Gasteiger partial charge in [0.25, 0.3) is 5.91 Å². The van der Waals surface area contributed by atoms with Gasteiger partial charge in [-0.1, -0.05) is 19.9 Å². The van der Waals surface area contributed by atoms with Crippen molar-refractivity contribution in [1.29, 1.82) is 5.26 Å². The molecule has 1 aromatic carbocycles. The lowest BCUT2D eigenvalue weighted by Crippen LogP contribution is -2.52. The number of likely N-dealkylation sites (tertiary alicyclic amines) is 1. The standard InChI is InChI=1S/C25H33N5O4/c1-14(2)16-10-21(24(32)28-17(12-26)9-15-7-8-27-23(15)31)30(13-16)25(33)20-11-18-19(29-20)5-4-6-22(18)34-3/h4-6,11,14-17,21,24,28-29,32H,7-10,13H2,1-3H3,(H,27,31). The average Bonchev–Trinajstić information content (AvgIpc) is 3.56. The van der Waals surface area contributed by atoms with Crippen LogP contribution in [0.15, 0.2) is 24.3 Å². The summed E-state index contributed by atoms with van der Waals surface area (Å²) < 4.78 is 5.42. The highest BCUT2D eigenvalue weighted by atomic mass is 16.5. The van der Waals surface area contributed by atoms with E-state index in [9.17, 15) is 20.0 Å². The van der Waals surface area contributed by atoms with E-state index in [0.29, 0.717) is 49.7 Å². The van der Waals surface area contributed by atoms with Crippen LogP contribution in [-0.2, 0) is 4.79 Å². The number of hydrogen-bond donors (Lipinski definition) is 4. The highest BCUT2D eigenvalue weighted by Crippen LogP contribution is 2.33. The minimum Gasteiger partial charge on any atom is -0.496 e. The van der Waals surface area contributed by atoms with Crippen molar-refractivity contribution in [3.05, 3.63) is 30.0 Å². The Balaban J connectivity index is 1.53. The smallest absolute Gasteiger partial charge is 0.270 e. The number of nitrogens with zero attached hydrogens (tertiary/aromatic N) is 2. The molecule has 3 heterocycles. The normalized spacial score (nSPS) is 24.3. The third-order valence-electron chi connectivity index (χ3n) is 7.23. The van der Waals surface area contributed by atoms with E-state index in [0.717, 1.165) is 10.9 Å². The summed E-state index contributed by atoms with van der Waals surface area (Å²) in [4.78, 5) is 30.4. The number of nitrogens with one attached hydrogen (secondary N) is 3. The average molecular weight is 468 g/mol. The number of aromatic nitrogens is 1. The summed E-state index contributed by atoms with van der Waals surface area (Å²) in [6.07, 6.45) is 0.557. The molecule has 9 heteroatoms. The van der Waals surface area contributed by atoms with Crippen LogP contribution in [0.4, 0.5) is 0 Å². The van der Waals surface area contributed by atoms with E-state index in [1.165, 1.54) is 0 Å². The minimum absolute atomic E-state index is 0.0525. The zero-order valence-electron chi connectivity index (χ0n) is 19.9. The Morgan fingerprint density at radius 2 is 2.21 bits per heavy atom. The van der Waals surface area contributed by atoms with E-state index in [1.807, 2.05) is 18.2 Å². The number of rotatable bonds is 8. The van der Waals surface area contributed by atoms with Gasteiger partial charge in [0.1, 0.15) is 17.7 Å². The first-order valence-corrected chi connectivity index (χ1v) is 11.9. The number of H-pyrrole nitrogens is 1. The van der Waals surface area contributed by atoms with Crippen LogP contribution in [0.25, 0.3) is 10.9 Å². The molecule has 5 unspecified atom stereocenters. The molecular weight excluding hydrogens is 434 g/mol. The van der Waals surface area contributed by atoms with Crippen molar-refractivity contribution in [2.75, 3.05) is 20.2 Å². The third-order valence-corrected chi connectivity index (χ3v) is 7.23. The summed E-state index contributed by atoms with van der Waals surface area (Å²) in [5.74, 6) is 0.754. The number of amides is 2. The second kappa shape index (κ2) is 10.0. The minimum atomic E-state index is -1.08. The summed E-state index contributed by atoms with van der Waals surface area (Å²) in [7, 11) is 1.59. The molecule has 2 aliphatic heterocycles. The van der Waals surface area contributed by atoms with E-state index in [1.54, 1.807) is 18.1 Å². The number of aliphatic hydroxyl groups excluding tert-OH is 1. The van der Waals surface area contributed by atoms with Gasteiger partial charge in [0.2, 0.25) is 5.91 Å². The van der Waals surface area contributed by atoms with Crippen LogP contribution in [0.3, 0.4) is 0 Å². The number of carbonyl (C=O) groups excluding carboxylic acids is 2. The molecule has 2 amide bonds. The van der Waals surface area contributed by atoms with E-state index >= 15 is 0 Å². The molecule has 0 saturated carbocycles. The lowest BCUT2D eigenvalue weighted by atomic mass is 9.93. The summed E-state index contributed by atoms with van der Waals surface area (Å²) >= 11 is 0. The SMILES string of the molecule is COc1cccc2[nH]c(C(=O)N3CC(C(C)C)CC3C(O)NC(C#N)CC3CCNC3=O)cc12. The number of aliphatic hydroxyl groups is 1. The van der Waals surface area contributed by atoms with Gasteiger partial charge in [-0.25, -0.2) is 0 Å². The lowest BCUT2D eigenvalue weighted by molar-refractivity contribution is -0.122. The van der Waals surface area contributed by atoms with Gasteiger partial charge >= 0.3 is 0 Å². The Labute approximate surface area is 199 Å². The number of fused-ring (bicyclic) bond motifs is 1. The lowest BCUT2D eigenvalue weighted by Gasteiger charge is -2.30. The maximum Gasteiger partial charge on any atom is 0.270 e. The largest absolute Gasteiger partial charge is 0.496 e. The molecule has 4 N–H and O–H groups in total. The molecule has 2 saturated heterocycles. The Morgan fingerprint density at radius 3 is 2.85 bits per heavy atom. The molecule has 5 atom stereocenters. The molecule has 182 valence electrons. The molecule has 0 radical (unpaired) electrons. The molecule has 2 aliphatic rings. The Bertz CT molecular complexity index is 1090. The van der Waals surface area contributed by atoms with E-state index in [4.69, 9.17) is 4.74 Å². The van der Waals surface area contributed by atoms with Crippen LogP contribution in [0.5, 0.6) is 5.75 Å². The van der Waals surface area contributed by atoms with Crippen LogP contribution in [0, 0.1) is 29.1 Å². The predicted molar refractivity (Wildman–Crippen MR) is 127 cm³/mol. The Kier molecular flexibility index (Phi) is 7.10. The number of aromatic amines is 1. The molecule has 1 aromatic heterocycles. The van der Waals surface area contributed by atoms with Crippen molar-refractivity contribution >= 4 is 22.7 Å². The first kappa shape index (κ1) is 24.0. The van der Waals surface area contributed by atoms with Gasteiger partial charge in [-0.2, -0.15) is 5.26 Å². The van der Waals surface area contributed by atoms with Gasteiger partial charge in [-0.3, -0.25) is 14.9 Å². The van der Waals surface area contributed by atoms with E-state index in [2.05, 4.69) is 35.5 Å². The Hall–Kier alpha value is -3.09. The zero-order valence-corrected chi connectivity index (χ0v) is 19.9. The van der Waals surface area contributed by atoms with Gasteiger partial charge in [0, 0.05) is 29.9 Å². The summed E-state index contributed by atoms with van der Waals surface area (Å²) in [6.45, 7) is 5.36. The van der Waals surface area contributed by atoms with Crippen LogP contribution in [0.1, 0.15) is 43.6 Å². The number of methoxy groups -OCH3 is 1. The van der Waals surface area contributed by atoms with E-state index < -0.39 is 18.3 Å². The van der Waals surface area contributed by atoms with Crippen LogP contribution < -0.4 is 15.4 Å². The van der Waals surface area contributed by atoms with Crippen LogP contribution >= 0.6 is 0 Å². The van der Waals surface area contributed by atoms with Gasteiger partial charge < -0.3 is 25.0 Å². The molecular formula is C25H33N5O4. The third kappa shape index (κ3) is 4.74. The molecule has 0 spiro atoms. The summed E-state index contributed by atoms with van der Waals surface area (Å²) in [5.41, 5.74) is 1.23. The van der Waals surface area contributed by atoms with E-state index in [-0.39, 0.29) is 23.7 Å². The second-order valence-corrected chi connectivity index (χ2v) is 9.67. The van der Waals surface area contributed by atoms with Crippen molar-refractivity contribution < 1.29 is 19.4 Å². The predicted octanol–water partition coefficient (Wildman–Crippen LogP) is 1.99. The maximum absolute atomic E-state index is 13.6. The van der Waals surface area contributed by atoms with Crippen molar-refractivity contribution in [1.82, 2.24) is 20.5 Å². The highest BCUT2D eigenvalue weighted by Gasteiger charge is 2.42. The fourth-order valence-corrected chi connectivity index (χ4v) is 5.12. The molecule has 4 rings (SSSR count). The van der Waals surface area contributed by atoms with Crippen molar-refractivity contribution in [2.24, 2.45) is 17.8 Å². The van der Waals surface area contributed by atoms with Gasteiger partial charge in [-0.05, 0) is 49.3 Å². The van der Waals surface area contributed by atoms with Crippen LogP contribution in [-0.4, -0.2) is 65.3 Å². The number of nitriles is 1. The number of ether oxygens (including phenoxy) is 1. The highest BCUT2D eigenvalue weighted by molar-refractivity contribution is 6.00. The van der Waals surface area contributed by atoms with Crippen molar-refractivity contribution in [3.8, 4) is 11.8 Å². The molecule has 9 nitrogen and oxygen atoms in total. The first-order chi connectivity index (χ1) is 16.3. The molecule has 2 aromatic rings. The number of benzene rings is 1. The fraction of sp³-hybridized carbons (Fsp3) is 0.560. The van der Waals surface area contributed by atoms with Crippen LogP contribution in [0.2, 0.25) is 0 Å².